The summed E-state index contributed by atoms with van der Waals surface area (Å²) in [6, 6.07) is 7.95. The zero-order valence-corrected chi connectivity index (χ0v) is 18.7. The summed E-state index contributed by atoms with van der Waals surface area (Å²) >= 11 is 0. The molecular formula is C21H24FN3O6S. The second-order valence-corrected chi connectivity index (χ2v) is 8.94. The van der Waals surface area contributed by atoms with E-state index in [-0.39, 0.29) is 22.2 Å². The molecule has 0 saturated heterocycles. The molecule has 32 heavy (non-hydrogen) atoms. The zero-order chi connectivity index (χ0) is 24.1. The summed E-state index contributed by atoms with van der Waals surface area (Å²) in [6.45, 7) is 6.22. The first kappa shape index (κ1) is 24.8. The van der Waals surface area contributed by atoms with Crippen molar-refractivity contribution in [2.45, 2.75) is 44.7 Å². The Morgan fingerprint density at radius 1 is 1.03 bits per heavy atom. The van der Waals surface area contributed by atoms with E-state index in [1.165, 1.54) is 50.2 Å². The van der Waals surface area contributed by atoms with Gasteiger partial charge in [-0.3, -0.25) is 14.8 Å². The summed E-state index contributed by atoms with van der Waals surface area (Å²) < 4.78 is 46.1. The van der Waals surface area contributed by atoms with Gasteiger partial charge in [-0.25, -0.2) is 22.4 Å². The highest BCUT2D eigenvalue weighted by Gasteiger charge is 2.22. The molecule has 3 N–H and O–H groups in total. The number of ether oxygens (including phenoxy) is 1. The van der Waals surface area contributed by atoms with Crippen LogP contribution in [0.4, 0.5) is 14.9 Å². The topological polar surface area (TPSA) is 131 Å². The van der Waals surface area contributed by atoms with Gasteiger partial charge in [0.1, 0.15) is 5.82 Å². The highest BCUT2D eigenvalue weighted by atomic mass is 32.2. The number of carbonyl (C=O) groups is 3. The fourth-order valence-corrected chi connectivity index (χ4v) is 3.52. The second kappa shape index (κ2) is 10.2. The van der Waals surface area contributed by atoms with Crippen LogP contribution >= 0.6 is 0 Å². The van der Waals surface area contributed by atoms with Crippen LogP contribution in [-0.2, 0) is 19.6 Å². The molecule has 2 aromatic carbocycles. The van der Waals surface area contributed by atoms with E-state index in [1.54, 1.807) is 13.8 Å². The number of urea groups is 1. The van der Waals surface area contributed by atoms with Gasteiger partial charge in [-0.1, -0.05) is 12.1 Å². The normalized spacial score (nSPS) is 12.1. The molecule has 0 heterocycles. The van der Waals surface area contributed by atoms with E-state index >= 15 is 0 Å². The van der Waals surface area contributed by atoms with Gasteiger partial charge in [-0.2, -0.15) is 0 Å². The van der Waals surface area contributed by atoms with Gasteiger partial charge in [0.25, 0.3) is 15.9 Å². The van der Waals surface area contributed by atoms with E-state index in [1.807, 2.05) is 5.32 Å². The minimum atomic E-state index is -4.11. The second-order valence-electron chi connectivity index (χ2n) is 7.26. The predicted octanol–water partition coefficient (Wildman–Crippen LogP) is 2.71. The van der Waals surface area contributed by atoms with E-state index in [9.17, 15) is 27.2 Å². The lowest BCUT2D eigenvalue weighted by Crippen LogP contribution is -2.46. The molecule has 1 unspecified atom stereocenters. The van der Waals surface area contributed by atoms with Crippen LogP contribution in [0.1, 0.15) is 36.7 Å². The van der Waals surface area contributed by atoms with E-state index in [0.29, 0.717) is 5.56 Å². The van der Waals surface area contributed by atoms with Crippen molar-refractivity contribution in [2.75, 3.05) is 4.72 Å². The number of aryl methyl sites for hydroxylation is 1. The Hall–Kier alpha value is -3.47. The average molecular weight is 466 g/mol. The fourth-order valence-electron chi connectivity index (χ4n) is 2.46. The van der Waals surface area contributed by atoms with Crippen LogP contribution in [0.2, 0.25) is 0 Å². The summed E-state index contributed by atoms with van der Waals surface area (Å²) in [5.41, 5.74) is 0.300. The molecular weight excluding hydrogens is 441 g/mol. The van der Waals surface area contributed by atoms with E-state index in [0.717, 1.165) is 6.07 Å². The maximum Gasteiger partial charge on any atom is 0.338 e. The van der Waals surface area contributed by atoms with E-state index in [4.69, 9.17) is 4.74 Å². The Morgan fingerprint density at radius 2 is 1.72 bits per heavy atom. The molecule has 0 aliphatic carbocycles. The van der Waals surface area contributed by atoms with Crippen molar-refractivity contribution in [3.8, 4) is 0 Å². The summed E-state index contributed by atoms with van der Waals surface area (Å²) in [7, 11) is -4.11. The molecule has 3 amide bonds. The van der Waals surface area contributed by atoms with Crippen molar-refractivity contribution in [3.63, 3.8) is 0 Å². The molecule has 2 aromatic rings. The minimum Gasteiger partial charge on any atom is -0.449 e. The maximum absolute atomic E-state index is 13.7. The van der Waals surface area contributed by atoms with Crippen LogP contribution in [0.3, 0.4) is 0 Å². The smallest absolute Gasteiger partial charge is 0.338 e. The lowest BCUT2D eigenvalue weighted by atomic mass is 10.2. The first-order chi connectivity index (χ1) is 14.9. The number of amides is 3. The number of benzene rings is 2. The van der Waals surface area contributed by atoms with Gasteiger partial charge in [0.2, 0.25) is 0 Å². The third-order valence-electron chi connectivity index (χ3n) is 4.11. The van der Waals surface area contributed by atoms with Crippen molar-refractivity contribution in [1.29, 1.82) is 0 Å². The van der Waals surface area contributed by atoms with Gasteiger partial charge < -0.3 is 10.1 Å². The Balaban J connectivity index is 2.08. The number of halogens is 1. The molecule has 0 aromatic heterocycles. The minimum absolute atomic E-state index is 0.0356. The number of anilines is 1. The summed E-state index contributed by atoms with van der Waals surface area (Å²) in [6.07, 6.45) is -1.28. The first-order valence-electron chi connectivity index (χ1n) is 9.60. The van der Waals surface area contributed by atoms with Crippen molar-refractivity contribution in [2.24, 2.45) is 0 Å². The number of sulfonamides is 1. The molecule has 0 aliphatic rings. The Bertz CT molecular complexity index is 1130. The monoisotopic (exact) mass is 465 g/mol. The zero-order valence-electron chi connectivity index (χ0n) is 17.9. The lowest BCUT2D eigenvalue weighted by molar-refractivity contribution is -0.127. The van der Waals surface area contributed by atoms with Crippen LogP contribution in [0.5, 0.6) is 0 Å². The highest BCUT2D eigenvalue weighted by molar-refractivity contribution is 7.92. The van der Waals surface area contributed by atoms with Gasteiger partial charge in [0.15, 0.2) is 6.10 Å². The third kappa shape index (κ3) is 6.77. The first-order valence-corrected chi connectivity index (χ1v) is 11.1. The van der Waals surface area contributed by atoms with Crippen LogP contribution in [0.15, 0.2) is 47.4 Å². The van der Waals surface area contributed by atoms with Crippen molar-refractivity contribution in [1.82, 2.24) is 10.6 Å². The standard InChI is InChI=1S/C21H24FN3O6S/c1-12(2)23-21(28)24-19(26)14(4)31-20(27)15-6-5-7-16(10-15)25-32(29,30)17-9-8-13(3)18(22)11-17/h5-12,14,25H,1-4H3,(H2,23,24,26,28). The Labute approximate surface area is 185 Å². The summed E-state index contributed by atoms with van der Waals surface area (Å²) in [5, 5.41) is 4.51. The molecule has 0 aliphatic heterocycles. The van der Waals surface area contributed by atoms with Crippen LogP contribution < -0.4 is 15.4 Å². The highest BCUT2D eigenvalue weighted by Crippen LogP contribution is 2.20. The largest absolute Gasteiger partial charge is 0.449 e. The van der Waals surface area contributed by atoms with Crippen LogP contribution in [-0.4, -0.2) is 38.5 Å². The molecule has 0 saturated carbocycles. The number of esters is 1. The van der Waals surface area contributed by atoms with Crippen LogP contribution in [0.25, 0.3) is 0 Å². The average Bonchev–Trinajstić information content (AvgIpc) is 2.69. The van der Waals surface area contributed by atoms with Gasteiger partial charge in [-0.05, 0) is 63.6 Å². The van der Waals surface area contributed by atoms with Gasteiger partial charge >= 0.3 is 12.0 Å². The summed E-state index contributed by atoms with van der Waals surface area (Å²) in [4.78, 5) is 35.7. The third-order valence-corrected chi connectivity index (χ3v) is 5.49. The Morgan fingerprint density at radius 3 is 2.34 bits per heavy atom. The SMILES string of the molecule is Cc1ccc(S(=O)(=O)Nc2cccc(C(=O)OC(C)C(=O)NC(=O)NC(C)C)c2)cc1F. The predicted molar refractivity (Wildman–Crippen MR) is 115 cm³/mol. The number of imide groups is 1. The van der Waals surface area contributed by atoms with Crippen LogP contribution in [0, 0.1) is 12.7 Å². The van der Waals surface area contributed by atoms with Gasteiger partial charge in [0, 0.05) is 11.7 Å². The maximum atomic E-state index is 13.7. The summed E-state index contributed by atoms with van der Waals surface area (Å²) in [5.74, 6) is -2.39. The number of carbonyl (C=O) groups excluding carboxylic acids is 3. The molecule has 2 rings (SSSR count). The van der Waals surface area contributed by atoms with Crippen molar-refractivity contribution in [3.05, 3.63) is 59.4 Å². The molecule has 0 fully saturated rings. The molecule has 9 nitrogen and oxygen atoms in total. The quantitative estimate of drug-likeness (QED) is 0.539. The number of nitrogens with one attached hydrogen (secondary N) is 3. The number of hydrogen-bond donors (Lipinski definition) is 3. The van der Waals surface area contributed by atoms with Gasteiger partial charge in [0.05, 0.1) is 10.5 Å². The van der Waals surface area contributed by atoms with E-state index < -0.39 is 39.9 Å². The molecule has 0 bridgehead atoms. The number of rotatable bonds is 7. The molecule has 1 atom stereocenters. The Kier molecular flexibility index (Phi) is 7.92. The molecule has 0 radical (unpaired) electrons. The van der Waals surface area contributed by atoms with E-state index in [2.05, 4.69) is 10.0 Å². The molecule has 11 heteroatoms. The fraction of sp³-hybridized carbons (Fsp3) is 0.286. The molecule has 172 valence electrons. The number of hydrogen-bond acceptors (Lipinski definition) is 6. The molecule has 0 spiro atoms. The van der Waals surface area contributed by atoms with Crippen molar-refractivity contribution >= 4 is 33.6 Å². The van der Waals surface area contributed by atoms with Gasteiger partial charge in [-0.15, -0.1) is 0 Å². The lowest BCUT2D eigenvalue weighted by Gasteiger charge is -2.15. The van der Waals surface area contributed by atoms with Crippen molar-refractivity contribution < 1.29 is 31.9 Å².